The minimum Gasteiger partial charge on any atom is -0.508 e. The molecular weight excluding hydrogens is 252 g/mol. The van der Waals surface area contributed by atoms with Crippen LogP contribution in [0.25, 0.3) is 0 Å². The number of ether oxygens (including phenoxy) is 1. The second-order valence-electron chi connectivity index (χ2n) is 5.59. The third-order valence-electron chi connectivity index (χ3n) is 3.28. The zero-order valence-electron chi connectivity index (χ0n) is 12.6. The van der Waals surface area contributed by atoms with E-state index in [2.05, 4.69) is 13.8 Å². The Bertz CT molecular complexity index is 399. The molecule has 0 fully saturated rings. The fourth-order valence-electron chi connectivity index (χ4n) is 2.05. The van der Waals surface area contributed by atoms with Crippen molar-refractivity contribution in [2.24, 2.45) is 5.92 Å². The van der Waals surface area contributed by atoms with Gasteiger partial charge in [-0.05, 0) is 30.4 Å². The monoisotopic (exact) mass is 278 g/mol. The highest BCUT2D eigenvalue weighted by Crippen LogP contribution is 2.17. The van der Waals surface area contributed by atoms with Crippen LogP contribution in [0.15, 0.2) is 24.3 Å². The van der Waals surface area contributed by atoms with E-state index in [0.29, 0.717) is 19.4 Å². The molecule has 0 aliphatic carbocycles. The number of benzene rings is 1. The van der Waals surface area contributed by atoms with E-state index in [1.165, 1.54) is 12.8 Å². The van der Waals surface area contributed by atoms with Gasteiger partial charge in [0.05, 0.1) is 6.61 Å². The van der Waals surface area contributed by atoms with Crippen molar-refractivity contribution in [2.45, 2.75) is 52.4 Å². The first-order valence-corrected chi connectivity index (χ1v) is 7.52. The Labute approximate surface area is 122 Å². The number of aromatic hydroxyl groups is 1. The molecule has 3 heteroatoms. The number of carbonyl (C=O) groups is 1. The van der Waals surface area contributed by atoms with Crippen LogP contribution in [0, 0.1) is 5.92 Å². The summed E-state index contributed by atoms with van der Waals surface area (Å²) >= 11 is 0. The van der Waals surface area contributed by atoms with Crippen LogP contribution in [0.5, 0.6) is 5.75 Å². The summed E-state index contributed by atoms with van der Waals surface area (Å²) in [7, 11) is 0. The van der Waals surface area contributed by atoms with E-state index in [1.54, 1.807) is 12.1 Å². The second kappa shape index (κ2) is 9.40. The SMILES string of the molecule is CC(C)CCCCCOC(=O)CCc1ccccc1O. The Morgan fingerprint density at radius 2 is 1.95 bits per heavy atom. The summed E-state index contributed by atoms with van der Waals surface area (Å²) in [5.74, 6) is 0.808. The Kier molecular flexibility index (Phi) is 7.78. The number of carbonyl (C=O) groups excluding carboxylic acids is 1. The van der Waals surface area contributed by atoms with Crippen molar-refractivity contribution in [2.75, 3.05) is 6.61 Å². The van der Waals surface area contributed by atoms with E-state index >= 15 is 0 Å². The zero-order chi connectivity index (χ0) is 14.8. The lowest BCUT2D eigenvalue weighted by Gasteiger charge is -2.07. The topological polar surface area (TPSA) is 46.5 Å². The molecule has 0 aliphatic rings. The van der Waals surface area contributed by atoms with Crippen molar-refractivity contribution in [1.82, 2.24) is 0 Å². The van der Waals surface area contributed by atoms with Crippen molar-refractivity contribution < 1.29 is 14.6 Å². The zero-order valence-corrected chi connectivity index (χ0v) is 12.6. The second-order valence-corrected chi connectivity index (χ2v) is 5.59. The van der Waals surface area contributed by atoms with Gasteiger partial charge in [0, 0.05) is 6.42 Å². The third-order valence-corrected chi connectivity index (χ3v) is 3.28. The van der Waals surface area contributed by atoms with Gasteiger partial charge in [-0.15, -0.1) is 0 Å². The van der Waals surface area contributed by atoms with Crippen LogP contribution in [0.1, 0.15) is 51.5 Å². The maximum absolute atomic E-state index is 11.6. The van der Waals surface area contributed by atoms with Crippen molar-refractivity contribution >= 4 is 5.97 Å². The molecule has 0 saturated heterocycles. The first-order valence-electron chi connectivity index (χ1n) is 7.52. The van der Waals surface area contributed by atoms with Gasteiger partial charge in [0.15, 0.2) is 0 Å². The standard InChI is InChI=1S/C17H26O3/c1-14(2)8-4-3-7-13-20-17(19)12-11-15-9-5-6-10-16(15)18/h5-6,9-10,14,18H,3-4,7-8,11-13H2,1-2H3. The minimum atomic E-state index is -0.183. The molecule has 0 amide bonds. The van der Waals surface area contributed by atoms with Crippen LogP contribution in [-0.2, 0) is 16.0 Å². The molecular formula is C17H26O3. The first kappa shape index (κ1) is 16.5. The highest BCUT2D eigenvalue weighted by molar-refractivity contribution is 5.69. The Balaban J connectivity index is 2.08. The van der Waals surface area contributed by atoms with E-state index in [-0.39, 0.29) is 11.7 Å². The van der Waals surface area contributed by atoms with Crippen LogP contribution in [0.3, 0.4) is 0 Å². The predicted molar refractivity (Wildman–Crippen MR) is 80.7 cm³/mol. The number of aryl methyl sites for hydroxylation is 1. The summed E-state index contributed by atoms with van der Waals surface area (Å²) in [5.41, 5.74) is 0.793. The molecule has 1 aromatic rings. The van der Waals surface area contributed by atoms with Crippen molar-refractivity contribution in [1.29, 1.82) is 0 Å². The van der Waals surface area contributed by atoms with Gasteiger partial charge in [-0.25, -0.2) is 0 Å². The molecule has 0 aliphatic heterocycles. The molecule has 0 unspecified atom stereocenters. The molecule has 1 N–H and O–H groups in total. The fourth-order valence-corrected chi connectivity index (χ4v) is 2.05. The van der Waals surface area contributed by atoms with E-state index in [4.69, 9.17) is 4.74 Å². The quantitative estimate of drug-likeness (QED) is 0.547. The molecule has 0 saturated carbocycles. The highest BCUT2D eigenvalue weighted by atomic mass is 16.5. The molecule has 112 valence electrons. The predicted octanol–water partition coefficient (Wildman–Crippen LogP) is 4.08. The van der Waals surface area contributed by atoms with E-state index in [0.717, 1.165) is 24.3 Å². The molecule has 0 radical (unpaired) electrons. The van der Waals surface area contributed by atoms with Crippen LogP contribution < -0.4 is 0 Å². The van der Waals surface area contributed by atoms with Gasteiger partial charge >= 0.3 is 5.97 Å². The van der Waals surface area contributed by atoms with Crippen LogP contribution in [0.2, 0.25) is 0 Å². The number of hydrogen-bond acceptors (Lipinski definition) is 3. The summed E-state index contributed by atoms with van der Waals surface area (Å²) in [4.78, 5) is 11.6. The summed E-state index contributed by atoms with van der Waals surface area (Å²) in [6, 6.07) is 7.09. The Morgan fingerprint density at radius 3 is 2.65 bits per heavy atom. The number of phenolic OH excluding ortho intramolecular Hbond substituents is 1. The molecule has 3 nitrogen and oxygen atoms in total. The van der Waals surface area contributed by atoms with Crippen LogP contribution >= 0.6 is 0 Å². The van der Waals surface area contributed by atoms with Crippen LogP contribution in [-0.4, -0.2) is 17.7 Å². The molecule has 0 bridgehead atoms. The summed E-state index contributed by atoms with van der Waals surface area (Å²) < 4.78 is 5.19. The third kappa shape index (κ3) is 7.17. The smallest absolute Gasteiger partial charge is 0.306 e. The molecule has 1 rings (SSSR count). The fraction of sp³-hybridized carbons (Fsp3) is 0.588. The number of phenols is 1. The summed E-state index contributed by atoms with van der Waals surface area (Å²) in [6.45, 7) is 4.95. The number of rotatable bonds is 9. The molecule has 0 spiro atoms. The van der Waals surface area contributed by atoms with E-state index in [1.807, 2.05) is 12.1 Å². The highest BCUT2D eigenvalue weighted by Gasteiger charge is 2.06. The average Bonchev–Trinajstić information content (AvgIpc) is 2.41. The Hall–Kier alpha value is -1.51. The molecule has 0 heterocycles. The number of para-hydroxylation sites is 1. The number of esters is 1. The summed E-state index contributed by atoms with van der Waals surface area (Å²) in [5, 5.41) is 9.59. The van der Waals surface area contributed by atoms with Gasteiger partial charge < -0.3 is 9.84 Å². The van der Waals surface area contributed by atoms with E-state index in [9.17, 15) is 9.90 Å². The summed E-state index contributed by atoms with van der Waals surface area (Å²) in [6.07, 6.45) is 5.34. The number of unbranched alkanes of at least 4 members (excludes halogenated alkanes) is 2. The lowest BCUT2D eigenvalue weighted by atomic mass is 10.1. The van der Waals surface area contributed by atoms with Gasteiger partial charge in [0.2, 0.25) is 0 Å². The molecule has 20 heavy (non-hydrogen) atoms. The number of hydrogen-bond donors (Lipinski definition) is 1. The lowest BCUT2D eigenvalue weighted by Crippen LogP contribution is -2.07. The average molecular weight is 278 g/mol. The maximum atomic E-state index is 11.6. The van der Waals surface area contributed by atoms with Gasteiger partial charge in [-0.1, -0.05) is 51.3 Å². The van der Waals surface area contributed by atoms with Gasteiger partial charge in [0.25, 0.3) is 0 Å². The van der Waals surface area contributed by atoms with Gasteiger partial charge in [-0.2, -0.15) is 0 Å². The largest absolute Gasteiger partial charge is 0.508 e. The van der Waals surface area contributed by atoms with Crippen molar-refractivity contribution in [3.63, 3.8) is 0 Å². The molecule has 0 aromatic heterocycles. The van der Waals surface area contributed by atoms with Crippen molar-refractivity contribution in [3.8, 4) is 5.75 Å². The molecule has 0 atom stereocenters. The maximum Gasteiger partial charge on any atom is 0.306 e. The minimum absolute atomic E-state index is 0.183. The van der Waals surface area contributed by atoms with Gasteiger partial charge in [-0.3, -0.25) is 4.79 Å². The normalized spacial score (nSPS) is 10.8. The molecule has 1 aromatic carbocycles. The van der Waals surface area contributed by atoms with Crippen molar-refractivity contribution in [3.05, 3.63) is 29.8 Å². The van der Waals surface area contributed by atoms with E-state index < -0.39 is 0 Å². The van der Waals surface area contributed by atoms with Crippen LogP contribution in [0.4, 0.5) is 0 Å². The lowest BCUT2D eigenvalue weighted by molar-refractivity contribution is -0.143. The first-order chi connectivity index (χ1) is 9.59. The van der Waals surface area contributed by atoms with Gasteiger partial charge in [0.1, 0.15) is 5.75 Å². The Morgan fingerprint density at radius 1 is 1.20 bits per heavy atom.